The van der Waals surface area contributed by atoms with Gasteiger partial charge in [0.25, 0.3) is 0 Å². The zero-order valence-corrected chi connectivity index (χ0v) is 17.2. The Hall–Kier alpha value is 0.620. The molecule has 0 unspecified atom stereocenters. The van der Waals surface area contributed by atoms with Crippen molar-refractivity contribution in [1.82, 2.24) is 0 Å². The van der Waals surface area contributed by atoms with E-state index in [0.29, 0.717) is 13.2 Å². The van der Waals surface area contributed by atoms with Crippen LogP contribution in [-0.2, 0) is 9.05 Å². The van der Waals surface area contributed by atoms with Gasteiger partial charge in [-0.25, -0.2) is 0 Å². The summed E-state index contributed by atoms with van der Waals surface area (Å²) in [5.74, 6) is 0. The Kier molecular flexibility index (Phi) is 26.4. The first-order valence-electron chi connectivity index (χ1n) is 9.16. The summed E-state index contributed by atoms with van der Waals surface area (Å²) in [4.78, 5) is 31.2. The summed E-state index contributed by atoms with van der Waals surface area (Å²) in [6.45, 7) is 5.71. The summed E-state index contributed by atoms with van der Waals surface area (Å²) < 4.78 is 10.6. The van der Waals surface area contributed by atoms with Gasteiger partial charge in [-0.15, -0.1) is 0 Å². The Morgan fingerprint density at radius 1 is 0.542 bits per heavy atom. The minimum Gasteiger partial charge on any atom is -0.328 e. The van der Waals surface area contributed by atoms with E-state index in [1.165, 1.54) is 64.2 Å². The van der Waals surface area contributed by atoms with Gasteiger partial charge >= 0.3 is 17.2 Å². The SMILES string of the molecule is CCCCCCCCOP(O)OCCCCCCCC.OP(O)O. The number of hydrogen-bond acceptors (Lipinski definition) is 6. The van der Waals surface area contributed by atoms with Crippen molar-refractivity contribution in [2.24, 2.45) is 0 Å². The summed E-state index contributed by atoms with van der Waals surface area (Å²) in [5.41, 5.74) is 0. The first-order valence-corrected chi connectivity index (χ1v) is 11.5. The smallest absolute Gasteiger partial charge is 0.328 e. The highest BCUT2D eigenvalue weighted by atomic mass is 31.2. The van der Waals surface area contributed by atoms with E-state index < -0.39 is 17.2 Å². The van der Waals surface area contributed by atoms with Crippen LogP contribution in [0.5, 0.6) is 0 Å². The predicted molar refractivity (Wildman–Crippen MR) is 101 cm³/mol. The summed E-state index contributed by atoms with van der Waals surface area (Å²) in [6.07, 6.45) is 14.9. The van der Waals surface area contributed by atoms with E-state index in [-0.39, 0.29) is 0 Å². The maximum absolute atomic E-state index is 9.55. The van der Waals surface area contributed by atoms with Crippen molar-refractivity contribution in [3.05, 3.63) is 0 Å². The van der Waals surface area contributed by atoms with Crippen molar-refractivity contribution < 1.29 is 28.6 Å². The van der Waals surface area contributed by atoms with E-state index in [2.05, 4.69) is 13.8 Å². The van der Waals surface area contributed by atoms with Crippen LogP contribution in [0, 0.1) is 0 Å². The molecule has 0 spiro atoms. The standard InChI is InChI=1S/C16H35O3P.H3O3P/c1-3-5-7-9-11-13-15-18-20(17)19-16-14-12-10-8-6-4-2;1-4(2)3/h17H,3-16H2,1-2H3;1-3H. The van der Waals surface area contributed by atoms with Crippen LogP contribution in [0.25, 0.3) is 0 Å². The Bertz CT molecular complexity index is 202. The van der Waals surface area contributed by atoms with Crippen LogP contribution in [0.15, 0.2) is 0 Å². The van der Waals surface area contributed by atoms with Crippen molar-refractivity contribution in [3.63, 3.8) is 0 Å². The molecule has 0 aliphatic carbocycles. The van der Waals surface area contributed by atoms with Gasteiger partial charge in [0.1, 0.15) is 0 Å². The van der Waals surface area contributed by atoms with Crippen molar-refractivity contribution in [3.8, 4) is 0 Å². The Morgan fingerprint density at radius 3 is 1.17 bits per heavy atom. The fourth-order valence-corrected chi connectivity index (χ4v) is 2.73. The lowest BCUT2D eigenvalue weighted by atomic mass is 10.1. The molecule has 6 nitrogen and oxygen atoms in total. The molecular formula is C16H38O6P2. The number of hydrogen-bond donors (Lipinski definition) is 4. The molecule has 0 saturated heterocycles. The average Bonchev–Trinajstić information content (AvgIpc) is 2.52. The maximum Gasteiger partial charge on any atom is 0.329 e. The number of unbranched alkanes of at least 4 members (excludes halogenated alkanes) is 10. The lowest BCUT2D eigenvalue weighted by Gasteiger charge is -2.10. The predicted octanol–water partition coefficient (Wildman–Crippen LogP) is 5.15. The van der Waals surface area contributed by atoms with E-state index >= 15 is 0 Å². The third-order valence-corrected chi connectivity index (χ3v) is 4.21. The van der Waals surface area contributed by atoms with Gasteiger partial charge in [-0.2, -0.15) is 0 Å². The molecular weight excluding hydrogens is 350 g/mol. The Labute approximate surface area is 150 Å². The molecule has 0 heterocycles. The molecule has 0 aliphatic heterocycles. The van der Waals surface area contributed by atoms with Gasteiger partial charge in [-0.05, 0) is 12.8 Å². The van der Waals surface area contributed by atoms with E-state index in [0.717, 1.165) is 12.8 Å². The van der Waals surface area contributed by atoms with E-state index in [4.69, 9.17) is 23.7 Å². The lowest BCUT2D eigenvalue weighted by molar-refractivity contribution is 0.194. The van der Waals surface area contributed by atoms with Gasteiger partial charge in [-0.1, -0.05) is 78.1 Å². The number of rotatable bonds is 16. The highest BCUT2D eigenvalue weighted by Crippen LogP contribution is 2.33. The molecule has 8 heteroatoms. The van der Waals surface area contributed by atoms with Crippen molar-refractivity contribution in [2.75, 3.05) is 13.2 Å². The third kappa shape index (κ3) is 30.5. The van der Waals surface area contributed by atoms with Crippen LogP contribution < -0.4 is 0 Å². The Balaban J connectivity index is 0. The van der Waals surface area contributed by atoms with E-state index in [1.807, 2.05) is 0 Å². The van der Waals surface area contributed by atoms with Crippen LogP contribution in [0.1, 0.15) is 90.9 Å². The average molecular weight is 388 g/mol. The molecule has 0 aliphatic rings. The quantitative estimate of drug-likeness (QED) is 0.216. The van der Waals surface area contributed by atoms with Crippen LogP contribution in [0.4, 0.5) is 0 Å². The molecule has 148 valence electrons. The van der Waals surface area contributed by atoms with Gasteiger partial charge < -0.3 is 28.6 Å². The molecule has 24 heavy (non-hydrogen) atoms. The topological polar surface area (TPSA) is 99.4 Å². The minimum atomic E-state index is -2.62. The van der Waals surface area contributed by atoms with Gasteiger partial charge in [0, 0.05) is 0 Å². The summed E-state index contributed by atoms with van der Waals surface area (Å²) >= 11 is 0. The monoisotopic (exact) mass is 388 g/mol. The molecule has 0 bridgehead atoms. The molecule has 0 rings (SSSR count). The second-order valence-electron chi connectivity index (χ2n) is 5.71. The fraction of sp³-hybridized carbons (Fsp3) is 1.00. The van der Waals surface area contributed by atoms with Crippen LogP contribution in [0.3, 0.4) is 0 Å². The lowest BCUT2D eigenvalue weighted by Crippen LogP contribution is -1.95. The van der Waals surface area contributed by atoms with Crippen LogP contribution >= 0.6 is 17.2 Å². The highest BCUT2D eigenvalue weighted by molar-refractivity contribution is 7.40. The second-order valence-corrected chi connectivity index (χ2v) is 7.24. The largest absolute Gasteiger partial charge is 0.329 e. The summed E-state index contributed by atoms with van der Waals surface area (Å²) in [7, 11) is -4.26. The second kappa shape index (κ2) is 23.6. The highest BCUT2D eigenvalue weighted by Gasteiger charge is 2.05. The molecule has 0 aromatic carbocycles. The molecule has 0 atom stereocenters. The summed E-state index contributed by atoms with van der Waals surface area (Å²) in [5, 5.41) is 0. The molecule has 0 amide bonds. The first kappa shape index (κ1) is 26.8. The summed E-state index contributed by atoms with van der Waals surface area (Å²) in [6, 6.07) is 0. The maximum atomic E-state index is 9.55. The van der Waals surface area contributed by atoms with E-state index in [9.17, 15) is 4.89 Å². The third-order valence-electron chi connectivity index (χ3n) is 3.40. The normalized spacial score (nSPS) is 11.0. The van der Waals surface area contributed by atoms with Crippen LogP contribution in [-0.4, -0.2) is 32.8 Å². The molecule has 4 N–H and O–H groups in total. The van der Waals surface area contributed by atoms with Crippen molar-refractivity contribution >= 4 is 17.2 Å². The molecule has 0 fully saturated rings. The first-order chi connectivity index (χ1) is 11.5. The zero-order chi connectivity index (χ0) is 18.5. The van der Waals surface area contributed by atoms with Gasteiger partial charge in [0.2, 0.25) is 0 Å². The van der Waals surface area contributed by atoms with E-state index in [1.54, 1.807) is 0 Å². The van der Waals surface area contributed by atoms with Crippen LogP contribution in [0.2, 0.25) is 0 Å². The van der Waals surface area contributed by atoms with Crippen molar-refractivity contribution in [2.45, 2.75) is 90.9 Å². The van der Waals surface area contributed by atoms with Gasteiger partial charge in [0.05, 0.1) is 13.2 Å². The van der Waals surface area contributed by atoms with Gasteiger partial charge in [-0.3, -0.25) is 0 Å². The molecule has 0 aromatic heterocycles. The zero-order valence-electron chi connectivity index (χ0n) is 15.4. The van der Waals surface area contributed by atoms with Crippen molar-refractivity contribution in [1.29, 1.82) is 0 Å². The molecule has 0 aromatic rings. The fourth-order valence-electron chi connectivity index (χ4n) is 2.09. The molecule has 0 radical (unpaired) electrons. The molecule has 0 saturated carbocycles. The van der Waals surface area contributed by atoms with Gasteiger partial charge in [0.15, 0.2) is 0 Å². The minimum absolute atomic E-state index is 0.630. The Morgan fingerprint density at radius 2 is 0.833 bits per heavy atom.